The minimum Gasteiger partial charge on any atom is -0.756 e. The van der Waals surface area contributed by atoms with E-state index >= 15 is 0 Å². The third-order valence-electron chi connectivity index (χ3n) is 4.74. The van der Waals surface area contributed by atoms with Gasteiger partial charge in [-0.3, -0.25) is 4.57 Å². The number of hydrogen-bond donors (Lipinski definition) is 0. The molecule has 0 aromatic heterocycles. The van der Waals surface area contributed by atoms with Gasteiger partial charge in [0.25, 0.3) is 7.82 Å². The number of likely N-dealkylation sites (N-methyl/N-ethyl adjacent to an activating group) is 1. The largest absolute Gasteiger partial charge is 0.756 e. The molecule has 0 saturated heterocycles. The van der Waals surface area contributed by atoms with Crippen LogP contribution < -0.4 is 4.89 Å². The average molecular weight is 394 g/mol. The molecule has 0 aromatic carbocycles. The molecule has 0 heterocycles. The molecule has 0 aliphatic heterocycles. The van der Waals surface area contributed by atoms with Crippen LogP contribution in [-0.4, -0.2) is 45.4 Å². The fourth-order valence-electron chi connectivity index (χ4n) is 2.81. The minimum atomic E-state index is -4.16. The molecule has 0 saturated carbocycles. The fourth-order valence-corrected chi connectivity index (χ4v) is 3.52. The average Bonchev–Trinajstić information content (AvgIpc) is 2.44. The van der Waals surface area contributed by atoms with Gasteiger partial charge in [0.2, 0.25) is 0 Å². The smallest absolute Gasteiger partial charge is 0.268 e. The van der Waals surface area contributed by atoms with Crippen molar-refractivity contribution in [2.75, 3.05) is 40.9 Å². The summed E-state index contributed by atoms with van der Waals surface area (Å²) in [6.07, 6.45) is 8.32. The zero-order valence-corrected chi connectivity index (χ0v) is 19.2. The van der Waals surface area contributed by atoms with Crippen molar-refractivity contribution in [1.82, 2.24) is 0 Å². The van der Waals surface area contributed by atoms with Crippen LogP contribution in [0.1, 0.15) is 72.6 Å². The van der Waals surface area contributed by atoms with E-state index in [0.29, 0.717) is 16.9 Å². The molecule has 0 spiro atoms. The monoisotopic (exact) mass is 393 g/mol. The lowest BCUT2D eigenvalue weighted by Crippen LogP contribution is -2.37. The molecule has 158 valence electrons. The van der Waals surface area contributed by atoms with Crippen LogP contribution >= 0.6 is 7.82 Å². The molecule has 0 aliphatic rings. The Bertz CT molecular complexity index is 396. The van der Waals surface area contributed by atoms with Crippen LogP contribution in [0.15, 0.2) is 0 Å². The van der Waals surface area contributed by atoms with Crippen LogP contribution in [0.4, 0.5) is 0 Å². The van der Waals surface area contributed by atoms with Crippen molar-refractivity contribution in [3.8, 4) is 0 Å². The lowest BCUT2D eigenvalue weighted by atomic mass is 9.93. The van der Waals surface area contributed by atoms with Gasteiger partial charge in [-0.05, 0) is 24.2 Å². The summed E-state index contributed by atoms with van der Waals surface area (Å²) in [4.78, 5) is 11.7. The van der Waals surface area contributed by atoms with E-state index in [2.05, 4.69) is 27.7 Å². The van der Waals surface area contributed by atoms with E-state index in [9.17, 15) is 9.46 Å². The second-order valence-electron chi connectivity index (χ2n) is 9.38. The number of quaternary nitrogens is 1. The highest BCUT2D eigenvalue weighted by Crippen LogP contribution is 2.38. The lowest BCUT2D eigenvalue weighted by molar-refractivity contribution is -0.870. The predicted octanol–water partition coefficient (Wildman–Crippen LogP) is 4.85. The van der Waals surface area contributed by atoms with E-state index in [0.717, 1.165) is 24.7 Å². The Morgan fingerprint density at radius 2 is 1.27 bits per heavy atom. The topological polar surface area (TPSA) is 58.6 Å². The van der Waals surface area contributed by atoms with E-state index in [1.165, 1.54) is 32.1 Å². The zero-order chi connectivity index (χ0) is 20.2. The molecule has 0 bridgehead atoms. The maximum atomic E-state index is 11.7. The molecule has 3 atom stereocenters. The van der Waals surface area contributed by atoms with Gasteiger partial charge in [-0.2, -0.15) is 0 Å². The van der Waals surface area contributed by atoms with E-state index in [1.54, 1.807) is 0 Å². The van der Waals surface area contributed by atoms with Crippen molar-refractivity contribution in [2.24, 2.45) is 17.8 Å². The number of nitrogens with zero attached hydrogens (tertiary/aromatic N) is 1. The maximum absolute atomic E-state index is 11.7. The van der Waals surface area contributed by atoms with Crippen molar-refractivity contribution in [1.29, 1.82) is 0 Å². The number of phosphoric acid groups is 1. The van der Waals surface area contributed by atoms with Gasteiger partial charge in [-0.25, -0.2) is 0 Å². The molecular weight excluding hydrogens is 349 g/mol. The van der Waals surface area contributed by atoms with Crippen molar-refractivity contribution in [3.63, 3.8) is 0 Å². The molecule has 26 heavy (non-hydrogen) atoms. The van der Waals surface area contributed by atoms with Gasteiger partial charge in [0, 0.05) is 0 Å². The van der Waals surface area contributed by atoms with Gasteiger partial charge in [0.1, 0.15) is 13.2 Å². The minimum absolute atomic E-state index is 0.161. The highest BCUT2D eigenvalue weighted by molar-refractivity contribution is 7.45. The molecule has 0 amide bonds. The summed E-state index contributed by atoms with van der Waals surface area (Å²) < 4.78 is 22.3. The highest BCUT2D eigenvalue weighted by atomic mass is 31.2. The Kier molecular flexibility index (Phi) is 13.3. The number of phosphoric ester groups is 1. The summed E-state index contributed by atoms with van der Waals surface area (Å²) >= 11 is 0. The molecule has 0 fully saturated rings. The van der Waals surface area contributed by atoms with Crippen LogP contribution in [0, 0.1) is 17.8 Å². The van der Waals surface area contributed by atoms with Crippen LogP contribution in [0.3, 0.4) is 0 Å². The first-order chi connectivity index (χ1) is 11.9. The van der Waals surface area contributed by atoms with Gasteiger partial charge in [0.05, 0.1) is 27.7 Å². The molecule has 0 radical (unpaired) electrons. The van der Waals surface area contributed by atoms with Crippen molar-refractivity contribution in [3.05, 3.63) is 0 Å². The zero-order valence-electron chi connectivity index (χ0n) is 18.3. The SMILES string of the molecule is CC(C)CCCC(C)CCCC(C)CCOP(=O)([O-])OCC[N+](C)(C)C. The Morgan fingerprint density at radius 3 is 1.77 bits per heavy atom. The summed E-state index contributed by atoms with van der Waals surface area (Å²) in [6.45, 7) is 10.1. The molecule has 3 unspecified atom stereocenters. The maximum Gasteiger partial charge on any atom is 0.268 e. The predicted molar refractivity (Wildman–Crippen MR) is 108 cm³/mol. The van der Waals surface area contributed by atoms with Gasteiger partial charge in [-0.1, -0.05) is 66.2 Å². The summed E-state index contributed by atoms with van der Waals surface area (Å²) in [5, 5.41) is 0. The molecule has 6 heteroatoms. The molecule has 0 aromatic rings. The van der Waals surface area contributed by atoms with E-state index in [4.69, 9.17) is 9.05 Å². The molecule has 0 aliphatic carbocycles. The first-order valence-corrected chi connectivity index (χ1v) is 11.8. The second kappa shape index (κ2) is 13.3. The third kappa shape index (κ3) is 17.5. The van der Waals surface area contributed by atoms with Gasteiger partial charge in [-0.15, -0.1) is 0 Å². The number of hydrogen-bond acceptors (Lipinski definition) is 4. The fraction of sp³-hybridized carbons (Fsp3) is 1.00. The summed E-state index contributed by atoms with van der Waals surface area (Å²) in [7, 11) is 1.82. The van der Waals surface area contributed by atoms with Crippen LogP contribution in [-0.2, 0) is 13.6 Å². The standard InChI is InChI=1S/C20H44NO4P/c1-18(2)10-8-11-19(3)12-9-13-20(4)14-16-24-26(22,23)25-17-15-21(5,6)7/h18-20H,8-17H2,1-7H3. The Balaban J connectivity index is 3.75. The molecule has 0 rings (SSSR count). The summed E-state index contributed by atoms with van der Waals surface area (Å²) in [5.41, 5.74) is 0. The Labute approximate surface area is 162 Å². The number of rotatable bonds is 16. The Morgan fingerprint density at radius 1 is 0.808 bits per heavy atom. The van der Waals surface area contributed by atoms with Crippen molar-refractivity contribution in [2.45, 2.75) is 72.6 Å². The second-order valence-corrected chi connectivity index (χ2v) is 10.8. The van der Waals surface area contributed by atoms with E-state index in [1.807, 2.05) is 21.1 Å². The summed E-state index contributed by atoms with van der Waals surface area (Å²) in [6, 6.07) is 0. The molecular formula is C20H44NO4P. The highest BCUT2D eigenvalue weighted by Gasteiger charge is 2.14. The molecule has 0 N–H and O–H groups in total. The van der Waals surface area contributed by atoms with Crippen LogP contribution in [0.2, 0.25) is 0 Å². The van der Waals surface area contributed by atoms with Gasteiger partial charge in [0.15, 0.2) is 0 Å². The van der Waals surface area contributed by atoms with Crippen LogP contribution in [0.25, 0.3) is 0 Å². The van der Waals surface area contributed by atoms with E-state index < -0.39 is 7.82 Å². The third-order valence-corrected chi connectivity index (χ3v) is 5.74. The van der Waals surface area contributed by atoms with E-state index in [-0.39, 0.29) is 13.2 Å². The van der Waals surface area contributed by atoms with Gasteiger partial charge >= 0.3 is 0 Å². The van der Waals surface area contributed by atoms with Crippen molar-refractivity contribution >= 4 is 7.82 Å². The Hall–Kier alpha value is 0.0700. The lowest BCUT2D eigenvalue weighted by Gasteiger charge is -2.27. The normalized spacial score (nSPS) is 17.3. The quantitative estimate of drug-likeness (QED) is 0.278. The van der Waals surface area contributed by atoms with Crippen LogP contribution in [0.5, 0.6) is 0 Å². The first kappa shape index (κ1) is 26.1. The van der Waals surface area contributed by atoms with Crippen molar-refractivity contribution < 1.29 is 23.0 Å². The molecule has 5 nitrogen and oxygen atoms in total. The first-order valence-electron chi connectivity index (χ1n) is 10.3. The summed E-state index contributed by atoms with van der Waals surface area (Å²) in [5.74, 6) is 2.06. The van der Waals surface area contributed by atoms with Gasteiger partial charge < -0.3 is 18.4 Å².